The molecule has 4 rings (SSSR count). The van der Waals surface area contributed by atoms with E-state index in [1.165, 1.54) is 35.5 Å². The number of hydrogen-bond acceptors (Lipinski definition) is 5. The molecule has 0 radical (unpaired) electrons. The van der Waals surface area contributed by atoms with Gasteiger partial charge in [-0.1, -0.05) is 29.8 Å². The van der Waals surface area contributed by atoms with Crippen LogP contribution >= 0.6 is 11.6 Å². The van der Waals surface area contributed by atoms with Crippen LogP contribution in [0.25, 0.3) is 0 Å². The average molecular weight is 490 g/mol. The minimum absolute atomic E-state index is 0.105. The van der Waals surface area contributed by atoms with Gasteiger partial charge >= 0.3 is 0 Å². The van der Waals surface area contributed by atoms with Gasteiger partial charge in [0.15, 0.2) is 5.78 Å². The van der Waals surface area contributed by atoms with E-state index in [1.807, 2.05) is 29.2 Å². The van der Waals surface area contributed by atoms with Crippen LogP contribution in [-0.4, -0.2) is 68.6 Å². The summed E-state index contributed by atoms with van der Waals surface area (Å²) < 4.78 is 27.4. The molecule has 2 saturated heterocycles. The standard InChI is InChI=1S/C24H28ClN3O4S/c1-18(29)19-5-7-23(8-6-19)33(31,32)28-11-9-20(10-12-28)24(30)27-15-13-26(14-16-27)22-4-2-3-21(25)17-22/h2-8,17,20H,9-16H2,1H3. The van der Waals surface area contributed by atoms with E-state index in [0.717, 1.165) is 18.8 Å². The fraction of sp³-hybridized carbons (Fsp3) is 0.417. The van der Waals surface area contributed by atoms with Crippen LogP contribution in [0.1, 0.15) is 30.1 Å². The fourth-order valence-corrected chi connectivity index (χ4v) is 6.12. The van der Waals surface area contributed by atoms with Crippen molar-refractivity contribution in [2.45, 2.75) is 24.7 Å². The van der Waals surface area contributed by atoms with Crippen molar-refractivity contribution in [3.63, 3.8) is 0 Å². The van der Waals surface area contributed by atoms with Gasteiger partial charge in [-0.05, 0) is 50.1 Å². The molecule has 2 aromatic carbocycles. The van der Waals surface area contributed by atoms with Gasteiger partial charge in [0.05, 0.1) is 4.90 Å². The number of halogens is 1. The summed E-state index contributed by atoms with van der Waals surface area (Å²) in [6.07, 6.45) is 1.02. The van der Waals surface area contributed by atoms with Crippen molar-refractivity contribution in [2.75, 3.05) is 44.2 Å². The zero-order chi connectivity index (χ0) is 23.6. The van der Waals surface area contributed by atoms with Crippen LogP contribution in [-0.2, 0) is 14.8 Å². The quantitative estimate of drug-likeness (QED) is 0.602. The second-order valence-corrected chi connectivity index (χ2v) is 10.9. The highest BCUT2D eigenvalue weighted by Gasteiger charge is 2.34. The average Bonchev–Trinajstić information content (AvgIpc) is 2.84. The van der Waals surface area contributed by atoms with Gasteiger partial charge in [0.25, 0.3) is 0 Å². The van der Waals surface area contributed by atoms with Gasteiger partial charge in [-0.3, -0.25) is 9.59 Å². The van der Waals surface area contributed by atoms with Crippen LogP contribution < -0.4 is 4.90 Å². The Kier molecular flexibility index (Phi) is 7.07. The number of sulfonamides is 1. The molecule has 0 aromatic heterocycles. The van der Waals surface area contributed by atoms with Gasteiger partial charge in [-0.25, -0.2) is 8.42 Å². The van der Waals surface area contributed by atoms with Crippen molar-refractivity contribution in [1.29, 1.82) is 0 Å². The van der Waals surface area contributed by atoms with E-state index in [4.69, 9.17) is 11.6 Å². The maximum absolute atomic E-state index is 13.1. The van der Waals surface area contributed by atoms with Crippen molar-refractivity contribution in [2.24, 2.45) is 5.92 Å². The predicted molar refractivity (Wildman–Crippen MR) is 128 cm³/mol. The van der Waals surface area contributed by atoms with Gasteiger partial charge in [0.1, 0.15) is 0 Å². The second-order valence-electron chi connectivity index (χ2n) is 8.55. The number of hydrogen-bond donors (Lipinski definition) is 0. The van der Waals surface area contributed by atoms with E-state index in [-0.39, 0.29) is 22.5 Å². The third kappa shape index (κ3) is 5.23. The number of benzene rings is 2. The highest BCUT2D eigenvalue weighted by molar-refractivity contribution is 7.89. The number of Topliss-reactive ketones (excluding diaryl/α,β-unsaturated/α-hetero) is 1. The topological polar surface area (TPSA) is 78.0 Å². The molecular formula is C24H28ClN3O4S. The number of piperazine rings is 1. The number of piperidine rings is 1. The molecule has 0 bridgehead atoms. The van der Waals surface area contributed by atoms with E-state index >= 15 is 0 Å². The first-order chi connectivity index (χ1) is 15.8. The molecule has 7 nitrogen and oxygen atoms in total. The third-order valence-electron chi connectivity index (χ3n) is 6.47. The molecule has 2 aromatic rings. The summed E-state index contributed by atoms with van der Waals surface area (Å²) in [6, 6.07) is 13.7. The Hall–Kier alpha value is -2.42. The van der Waals surface area contributed by atoms with E-state index in [2.05, 4.69) is 4.90 Å². The maximum Gasteiger partial charge on any atom is 0.243 e. The zero-order valence-corrected chi connectivity index (χ0v) is 20.2. The van der Waals surface area contributed by atoms with E-state index in [9.17, 15) is 18.0 Å². The fourth-order valence-electron chi connectivity index (χ4n) is 4.47. The first kappa shape index (κ1) is 23.7. The van der Waals surface area contributed by atoms with Crippen molar-refractivity contribution in [3.05, 3.63) is 59.1 Å². The van der Waals surface area contributed by atoms with Gasteiger partial charge in [-0.2, -0.15) is 4.31 Å². The summed E-state index contributed by atoms with van der Waals surface area (Å²) in [5, 5.41) is 0.697. The van der Waals surface area contributed by atoms with Gasteiger partial charge in [0.2, 0.25) is 15.9 Å². The summed E-state index contributed by atoms with van der Waals surface area (Å²) >= 11 is 6.10. The van der Waals surface area contributed by atoms with E-state index in [0.29, 0.717) is 49.6 Å². The molecule has 2 fully saturated rings. The number of amides is 1. The van der Waals surface area contributed by atoms with Crippen LogP contribution in [0.15, 0.2) is 53.4 Å². The van der Waals surface area contributed by atoms with Gasteiger partial charge in [0, 0.05) is 61.5 Å². The second kappa shape index (κ2) is 9.83. The van der Waals surface area contributed by atoms with Crippen molar-refractivity contribution >= 4 is 39.0 Å². The molecule has 9 heteroatoms. The Labute approximate surface area is 200 Å². The number of ketones is 1. The van der Waals surface area contributed by atoms with Crippen LogP contribution in [0.4, 0.5) is 5.69 Å². The number of carbonyl (C=O) groups is 2. The predicted octanol–water partition coefficient (Wildman–Crippen LogP) is 3.29. The van der Waals surface area contributed by atoms with Crippen molar-refractivity contribution < 1.29 is 18.0 Å². The molecular weight excluding hydrogens is 462 g/mol. The molecule has 2 aliphatic heterocycles. The van der Waals surface area contributed by atoms with Crippen LogP contribution in [0.2, 0.25) is 5.02 Å². The summed E-state index contributed by atoms with van der Waals surface area (Å²) in [5.41, 5.74) is 1.54. The summed E-state index contributed by atoms with van der Waals surface area (Å²) in [5.74, 6) is -0.149. The monoisotopic (exact) mass is 489 g/mol. The minimum atomic E-state index is -3.64. The van der Waals surface area contributed by atoms with Crippen LogP contribution in [0.3, 0.4) is 0 Å². The number of carbonyl (C=O) groups excluding carboxylic acids is 2. The molecule has 2 aliphatic rings. The molecule has 0 unspecified atom stereocenters. The summed E-state index contributed by atoms with van der Waals surface area (Å²) in [4.78, 5) is 28.8. The SMILES string of the molecule is CC(=O)c1ccc(S(=O)(=O)N2CCC(C(=O)N3CCN(c4cccc(Cl)c4)CC3)CC2)cc1. The third-order valence-corrected chi connectivity index (χ3v) is 8.61. The summed E-state index contributed by atoms with van der Waals surface area (Å²) in [6.45, 7) is 4.86. The molecule has 0 atom stereocenters. The normalized spacial score (nSPS) is 18.4. The number of anilines is 1. The molecule has 1 amide bonds. The lowest BCUT2D eigenvalue weighted by Gasteiger charge is -2.39. The molecule has 0 N–H and O–H groups in total. The van der Waals surface area contributed by atoms with Gasteiger partial charge < -0.3 is 9.80 Å². The Morgan fingerprint density at radius 1 is 0.909 bits per heavy atom. The molecule has 0 spiro atoms. The zero-order valence-electron chi connectivity index (χ0n) is 18.6. The summed E-state index contributed by atoms with van der Waals surface area (Å²) in [7, 11) is -3.64. The Morgan fingerprint density at radius 2 is 1.55 bits per heavy atom. The first-order valence-electron chi connectivity index (χ1n) is 11.2. The molecule has 2 heterocycles. The molecule has 33 heavy (non-hydrogen) atoms. The lowest BCUT2D eigenvalue weighted by molar-refractivity contribution is -0.137. The van der Waals surface area contributed by atoms with E-state index in [1.54, 1.807) is 0 Å². The highest BCUT2D eigenvalue weighted by atomic mass is 35.5. The van der Waals surface area contributed by atoms with Crippen LogP contribution in [0.5, 0.6) is 0 Å². The van der Waals surface area contributed by atoms with Gasteiger partial charge in [-0.15, -0.1) is 0 Å². The minimum Gasteiger partial charge on any atom is -0.368 e. The maximum atomic E-state index is 13.1. The number of rotatable bonds is 5. The van der Waals surface area contributed by atoms with Crippen molar-refractivity contribution in [1.82, 2.24) is 9.21 Å². The van der Waals surface area contributed by atoms with Crippen molar-refractivity contribution in [3.8, 4) is 0 Å². The Morgan fingerprint density at radius 3 is 2.12 bits per heavy atom. The number of nitrogens with zero attached hydrogens (tertiary/aromatic N) is 3. The largest absolute Gasteiger partial charge is 0.368 e. The van der Waals surface area contributed by atoms with E-state index < -0.39 is 10.0 Å². The van der Waals surface area contributed by atoms with Crippen LogP contribution in [0, 0.1) is 5.92 Å². The first-order valence-corrected chi connectivity index (χ1v) is 13.0. The lowest BCUT2D eigenvalue weighted by Crippen LogP contribution is -2.52. The molecule has 0 saturated carbocycles. The molecule has 176 valence electrons. The Bertz CT molecular complexity index is 1120. The molecule has 0 aliphatic carbocycles. The lowest BCUT2D eigenvalue weighted by atomic mass is 9.96. The highest BCUT2D eigenvalue weighted by Crippen LogP contribution is 2.27. The smallest absolute Gasteiger partial charge is 0.243 e. The Balaban J connectivity index is 1.31.